The predicted molar refractivity (Wildman–Crippen MR) is 187 cm³/mol. The largest absolute Gasteiger partial charge is 0.444 e. The van der Waals surface area contributed by atoms with Gasteiger partial charge in [0.05, 0.1) is 28.1 Å². The predicted octanol–water partition coefficient (Wildman–Crippen LogP) is 7.00. The summed E-state index contributed by atoms with van der Waals surface area (Å²) in [5.41, 5.74) is 4.07. The topological polar surface area (TPSA) is 149 Å². The Hall–Kier alpha value is -4.82. The second-order valence-electron chi connectivity index (χ2n) is 12.6. The zero-order chi connectivity index (χ0) is 33.9. The van der Waals surface area contributed by atoms with Crippen LogP contribution in [0, 0.1) is 6.92 Å². The smallest absolute Gasteiger partial charge is 0.410 e. The second-order valence-corrected chi connectivity index (χ2v) is 15.0. The maximum atomic E-state index is 13.0. The van der Waals surface area contributed by atoms with Crippen molar-refractivity contribution in [2.75, 3.05) is 23.1 Å². The molecule has 12 nitrogen and oxygen atoms in total. The van der Waals surface area contributed by atoms with E-state index in [2.05, 4.69) is 25.0 Å². The highest BCUT2D eigenvalue weighted by atomic mass is 32.2. The summed E-state index contributed by atoms with van der Waals surface area (Å²) >= 11 is 1.35. The van der Waals surface area contributed by atoms with Crippen molar-refractivity contribution in [2.24, 2.45) is 0 Å². The number of pyridine rings is 1. The van der Waals surface area contributed by atoms with Crippen LogP contribution in [0.3, 0.4) is 0 Å². The highest BCUT2D eigenvalue weighted by Crippen LogP contribution is 2.39. The summed E-state index contributed by atoms with van der Waals surface area (Å²) in [6.07, 6.45) is 4.67. The summed E-state index contributed by atoms with van der Waals surface area (Å²) in [5.74, 6) is 1.08. The Kier molecular flexibility index (Phi) is 9.47. The van der Waals surface area contributed by atoms with Crippen LogP contribution in [0.1, 0.15) is 44.9 Å². The van der Waals surface area contributed by atoms with Crippen LogP contribution in [-0.4, -0.2) is 64.1 Å². The fourth-order valence-corrected chi connectivity index (χ4v) is 7.28. The number of anilines is 2. The number of hydrogen-bond donors (Lipinski definition) is 2. The number of aromatic nitrogens is 4. The van der Waals surface area contributed by atoms with Gasteiger partial charge in [0.15, 0.2) is 0 Å². The molecule has 1 fully saturated rings. The Morgan fingerprint density at radius 2 is 1.90 bits per heavy atom. The van der Waals surface area contributed by atoms with Crippen molar-refractivity contribution in [3.8, 4) is 22.9 Å². The summed E-state index contributed by atoms with van der Waals surface area (Å²) in [7, 11) is -3.71. The van der Waals surface area contributed by atoms with Gasteiger partial charge in [-0.05, 0) is 70.4 Å². The van der Waals surface area contributed by atoms with Gasteiger partial charge in [-0.1, -0.05) is 24.3 Å². The van der Waals surface area contributed by atoms with Gasteiger partial charge < -0.3 is 19.7 Å². The first-order valence-electron chi connectivity index (χ1n) is 15.5. The molecular formula is C34H37N7O5S2. The zero-order valence-electron chi connectivity index (χ0n) is 27.1. The van der Waals surface area contributed by atoms with Gasteiger partial charge in [0.2, 0.25) is 21.9 Å². The number of carbonyl (C=O) groups is 1. The number of carbonyl (C=O) groups excluding carboxylic acids is 1. The van der Waals surface area contributed by atoms with Gasteiger partial charge in [-0.15, -0.1) is 11.3 Å². The highest BCUT2D eigenvalue weighted by Gasteiger charge is 2.28. The average Bonchev–Trinajstić information content (AvgIpc) is 3.54. The number of piperidine rings is 1. The van der Waals surface area contributed by atoms with Crippen LogP contribution in [0.4, 0.5) is 16.4 Å². The molecule has 0 unspecified atom stereocenters. The Labute approximate surface area is 283 Å². The van der Waals surface area contributed by atoms with Crippen molar-refractivity contribution in [1.29, 1.82) is 0 Å². The summed E-state index contributed by atoms with van der Waals surface area (Å²) in [6.45, 7) is 8.61. The number of thiazole rings is 1. The van der Waals surface area contributed by atoms with Gasteiger partial charge in [-0.3, -0.25) is 4.72 Å². The van der Waals surface area contributed by atoms with E-state index in [4.69, 9.17) is 14.5 Å². The lowest BCUT2D eigenvalue weighted by molar-refractivity contribution is 0.0206. The molecule has 2 aromatic carbocycles. The number of fused-ring (bicyclic) bond motifs is 1. The van der Waals surface area contributed by atoms with E-state index in [1.54, 1.807) is 46.4 Å². The Morgan fingerprint density at radius 1 is 1.04 bits per heavy atom. The van der Waals surface area contributed by atoms with E-state index in [-0.39, 0.29) is 17.9 Å². The molecule has 0 aliphatic carbocycles. The molecule has 14 heteroatoms. The van der Waals surface area contributed by atoms with Gasteiger partial charge in [-0.2, -0.15) is 0 Å². The van der Waals surface area contributed by atoms with Crippen molar-refractivity contribution in [3.63, 3.8) is 0 Å². The van der Waals surface area contributed by atoms with E-state index in [1.807, 2.05) is 58.0 Å². The minimum Gasteiger partial charge on any atom is -0.444 e. The van der Waals surface area contributed by atoms with E-state index in [0.29, 0.717) is 58.7 Å². The quantitative estimate of drug-likeness (QED) is 0.166. The van der Waals surface area contributed by atoms with Gasteiger partial charge in [0.1, 0.15) is 17.1 Å². The van der Waals surface area contributed by atoms with Crippen molar-refractivity contribution < 1.29 is 22.7 Å². The van der Waals surface area contributed by atoms with E-state index >= 15 is 0 Å². The van der Waals surface area contributed by atoms with E-state index in [0.717, 1.165) is 23.8 Å². The third-order valence-corrected chi connectivity index (χ3v) is 9.45. The first kappa shape index (κ1) is 33.1. The van der Waals surface area contributed by atoms with Crippen LogP contribution in [0.25, 0.3) is 22.0 Å². The molecule has 0 radical (unpaired) electrons. The zero-order valence-corrected chi connectivity index (χ0v) is 28.8. The molecule has 3 aromatic heterocycles. The third kappa shape index (κ3) is 8.00. The number of aryl methyl sites for hydroxylation is 1. The molecule has 1 atom stereocenters. The maximum absolute atomic E-state index is 13.0. The highest BCUT2D eigenvalue weighted by molar-refractivity contribution is 7.91. The lowest BCUT2D eigenvalue weighted by Crippen LogP contribution is -2.47. The van der Waals surface area contributed by atoms with Crippen molar-refractivity contribution in [2.45, 2.75) is 57.9 Å². The standard InChI is InChI=1S/C34H37N7O5S2/c1-22-12-13-25-26(9-5-11-29(25)40-48(43,44)20-24-19-47-21-37-24)30(22)45-31-27(10-6-15-35-31)28-14-16-36-32(39-28)38-23-8-7-17-41(18-23)33(42)46-34(2,3)4/h5-6,9-16,19,21,23,40H,7-8,17-18,20H2,1-4H3,(H,36,38,39)/t23-/m0/s1. The van der Waals surface area contributed by atoms with Crippen LogP contribution >= 0.6 is 11.3 Å². The SMILES string of the molecule is Cc1ccc2c(NS(=O)(=O)Cc3cscn3)cccc2c1Oc1ncccc1-c1ccnc(N[C@H]2CCCN(C(=O)OC(C)(C)C)C2)n1. The van der Waals surface area contributed by atoms with E-state index < -0.39 is 15.6 Å². The second kappa shape index (κ2) is 13.7. The minimum atomic E-state index is -3.71. The fourth-order valence-electron chi connectivity index (χ4n) is 5.48. The van der Waals surface area contributed by atoms with Crippen LogP contribution in [0.15, 0.2) is 71.8 Å². The van der Waals surface area contributed by atoms with Crippen LogP contribution < -0.4 is 14.8 Å². The van der Waals surface area contributed by atoms with Crippen LogP contribution in [0.5, 0.6) is 11.6 Å². The average molecular weight is 688 g/mol. The minimum absolute atomic E-state index is 0.0439. The van der Waals surface area contributed by atoms with Gasteiger partial charge in [-0.25, -0.2) is 33.1 Å². The van der Waals surface area contributed by atoms with Crippen LogP contribution in [-0.2, 0) is 20.5 Å². The number of hydrogen-bond acceptors (Lipinski definition) is 11. The molecule has 4 heterocycles. The molecule has 1 aliphatic heterocycles. The lowest BCUT2D eigenvalue weighted by atomic mass is 10.0. The van der Waals surface area contributed by atoms with Crippen molar-refractivity contribution in [1.82, 2.24) is 24.8 Å². The van der Waals surface area contributed by atoms with Crippen molar-refractivity contribution >= 4 is 49.9 Å². The summed E-state index contributed by atoms with van der Waals surface area (Å²) in [5, 5.41) is 6.50. The molecule has 250 valence electrons. The van der Waals surface area contributed by atoms with E-state index in [9.17, 15) is 13.2 Å². The number of nitrogens with zero attached hydrogens (tertiary/aromatic N) is 5. The molecule has 0 bridgehead atoms. The summed E-state index contributed by atoms with van der Waals surface area (Å²) in [6, 6.07) is 14.6. The number of rotatable bonds is 9. The third-order valence-electron chi connectivity index (χ3n) is 7.60. The maximum Gasteiger partial charge on any atom is 0.410 e. The van der Waals surface area contributed by atoms with E-state index in [1.165, 1.54) is 11.3 Å². The summed E-state index contributed by atoms with van der Waals surface area (Å²) < 4.78 is 40.8. The monoisotopic (exact) mass is 687 g/mol. The summed E-state index contributed by atoms with van der Waals surface area (Å²) in [4.78, 5) is 32.3. The first-order chi connectivity index (χ1) is 22.9. The number of likely N-dealkylation sites (tertiary alicyclic amines) is 1. The fraction of sp³-hybridized carbons (Fsp3) is 0.324. The molecule has 6 rings (SSSR count). The molecule has 5 aromatic rings. The number of sulfonamides is 1. The van der Waals surface area contributed by atoms with Crippen LogP contribution in [0.2, 0.25) is 0 Å². The molecule has 2 N–H and O–H groups in total. The van der Waals surface area contributed by atoms with Gasteiger partial charge in [0, 0.05) is 47.7 Å². The molecule has 0 saturated carbocycles. The first-order valence-corrected chi connectivity index (χ1v) is 18.1. The molecular weight excluding hydrogens is 651 g/mol. The molecule has 1 aliphatic rings. The molecule has 0 spiro atoms. The van der Waals surface area contributed by atoms with Gasteiger partial charge >= 0.3 is 6.09 Å². The lowest BCUT2D eigenvalue weighted by Gasteiger charge is -2.34. The van der Waals surface area contributed by atoms with Gasteiger partial charge in [0.25, 0.3) is 0 Å². The number of benzene rings is 2. The Morgan fingerprint density at radius 3 is 2.69 bits per heavy atom. The molecule has 1 amide bonds. The molecule has 1 saturated heterocycles. The number of amides is 1. The number of nitrogens with one attached hydrogen (secondary N) is 2. The molecule has 48 heavy (non-hydrogen) atoms. The number of ether oxygens (including phenoxy) is 2. The Bertz CT molecular complexity index is 2030. The normalized spacial score (nSPS) is 15.2. The Balaban J connectivity index is 1.24. The van der Waals surface area contributed by atoms with Crippen molar-refractivity contribution in [3.05, 3.63) is 83.1 Å².